The number of imidazole rings is 1. The molecule has 2 aromatic heterocycles. The number of oxazole rings is 1. The zero-order valence-electron chi connectivity index (χ0n) is 11.5. The molecule has 6 heteroatoms. The average Bonchev–Trinajstić information content (AvgIpc) is 3.04. The lowest BCUT2D eigenvalue weighted by Gasteiger charge is -2.04. The van der Waals surface area contributed by atoms with Crippen LogP contribution in [0.3, 0.4) is 0 Å². The molecule has 104 valence electrons. The van der Waals surface area contributed by atoms with E-state index in [1.165, 1.54) is 0 Å². The Bertz CT molecular complexity index is 745. The van der Waals surface area contributed by atoms with E-state index in [1.807, 2.05) is 29.7 Å². The molecule has 0 atom stereocenters. The highest BCUT2D eigenvalue weighted by Crippen LogP contribution is 2.27. The normalized spacial score (nSPS) is 11.1. The van der Waals surface area contributed by atoms with Gasteiger partial charge in [-0.05, 0) is 12.1 Å². The van der Waals surface area contributed by atoms with Crippen molar-refractivity contribution in [2.75, 3.05) is 12.8 Å². The monoisotopic (exact) mass is 272 g/mol. The van der Waals surface area contributed by atoms with Crippen molar-refractivity contribution >= 4 is 17.0 Å². The van der Waals surface area contributed by atoms with Gasteiger partial charge in [-0.3, -0.25) is 0 Å². The van der Waals surface area contributed by atoms with Crippen LogP contribution in [-0.2, 0) is 13.0 Å². The number of nitrogens with zero attached hydrogens (tertiary/aromatic N) is 3. The first-order chi connectivity index (χ1) is 9.72. The molecule has 2 heterocycles. The van der Waals surface area contributed by atoms with Gasteiger partial charge in [0.25, 0.3) is 0 Å². The first kappa shape index (κ1) is 12.5. The van der Waals surface area contributed by atoms with Gasteiger partial charge in [0, 0.05) is 6.42 Å². The molecule has 0 aliphatic rings. The summed E-state index contributed by atoms with van der Waals surface area (Å²) < 4.78 is 12.8. The molecule has 6 nitrogen and oxygen atoms in total. The number of ether oxygens (including phenoxy) is 1. The highest BCUT2D eigenvalue weighted by atomic mass is 16.5. The second-order valence-electron chi connectivity index (χ2n) is 4.46. The fourth-order valence-electron chi connectivity index (χ4n) is 2.19. The van der Waals surface area contributed by atoms with Gasteiger partial charge in [-0.1, -0.05) is 13.0 Å². The number of nitrogens with two attached hydrogens (primary N) is 1. The van der Waals surface area contributed by atoms with Gasteiger partial charge in [-0.25, -0.2) is 9.97 Å². The van der Waals surface area contributed by atoms with Crippen molar-refractivity contribution < 1.29 is 9.15 Å². The molecule has 1 aromatic carbocycles. The van der Waals surface area contributed by atoms with E-state index in [4.69, 9.17) is 14.9 Å². The topological polar surface area (TPSA) is 79.1 Å². The molecule has 0 fully saturated rings. The number of hydrogen-bond acceptors (Lipinski definition) is 5. The molecular weight excluding hydrogens is 256 g/mol. The second kappa shape index (κ2) is 4.88. The van der Waals surface area contributed by atoms with Gasteiger partial charge in [0.1, 0.15) is 23.6 Å². The largest absolute Gasteiger partial charge is 0.494 e. The molecular formula is C14H16N4O2. The van der Waals surface area contributed by atoms with Crippen LogP contribution in [0.4, 0.5) is 5.95 Å². The fourth-order valence-corrected chi connectivity index (χ4v) is 2.19. The lowest BCUT2D eigenvalue weighted by Crippen LogP contribution is -2.04. The summed E-state index contributed by atoms with van der Waals surface area (Å²) in [5.74, 6) is 2.60. The van der Waals surface area contributed by atoms with Gasteiger partial charge < -0.3 is 19.5 Å². The van der Waals surface area contributed by atoms with E-state index in [-0.39, 0.29) is 0 Å². The van der Waals surface area contributed by atoms with Crippen LogP contribution in [0.5, 0.6) is 5.75 Å². The Balaban J connectivity index is 2.04. The van der Waals surface area contributed by atoms with Crippen LogP contribution in [-0.4, -0.2) is 21.6 Å². The molecule has 0 saturated carbocycles. The lowest BCUT2D eigenvalue weighted by molar-refractivity contribution is 0.419. The number of hydrogen-bond donors (Lipinski definition) is 1. The molecule has 0 amide bonds. The van der Waals surface area contributed by atoms with Gasteiger partial charge >= 0.3 is 0 Å². The predicted octanol–water partition coefficient (Wildman–Crippen LogP) is 2.23. The number of aromatic nitrogens is 3. The molecule has 0 spiro atoms. The van der Waals surface area contributed by atoms with Crippen LogP contribution < -0.4 is 10.5 Å². The number of benzene rings is 1. The van der Waals surface area contributed by atoms with E-state index in [1.54, 1.807) is 13.3 Å². The highest BCUT2D eigenvalue weighted by molar-refractivity contribution is 5.84. The highest BCUT2D eigenvalue weighted by Gasteiger charge is 2.14. The number of anilines is 1. The number of nitrogen functional groups attached to an aromatic ring is 1. The number of rotatable bonds is 4. The molecule has 0 aliphatic carbocycles. The van der Waals surface area contributed by atoms with E-state index in [9.17, 15) is 0 Å². The molecule has 0 bridgehead atoms. The van der Waals surface area contributed by atoms with E-state index < -0.39 is 0 Å². The third kappa shape index (κ3) is 1.99. The molecule has 0 saturated heterocycles. The minimum Gasteiger partial charge on any atom is -0.494 e. The van der Waals surface area contributed by atoms with Crippen molar-refractivity contribution in [2.24, 2.45) is 0 Å². The van der Waals surface area contributed by atoms with Crippen LogP contribution in [0, 0.1) is 0 Å². The predicted molar refractivity (Wildman–Crippen MR) is 75.7 cm³/mol. The van der Waals surface area contributed by atoms with Crippen molar-refractivity contribution in [1.82, 2.24) is 14.5 Å². The Hall–Kier alpha value is -2.50. The van der Waals surface area contributed by atoms with Crippen LogP contribution in [0.15, 0.2) is 28.8 Å². The first-order valence-electron chi connectivity index (χ1n) is 6.45. The van der Waals surface area contributed by atoms with Crippen molar-refractivity contribution in [3.8, 4) is 5.75 Å². The van der Waals surface area contributed by atoms with Gasteiger partial charge in [0.05, 0.1) is 18.8 Å². The summed E-state index contributed by atoms with van der Waals surface area (Å²) in [5.41, 5.74) is 7.64. The maximum absolute atomic E-state index is 5.99. The van der Waals surface area contributed by atoms with E-state index in [0.29, 0.717) is 24.1 Å². The Kier molecular flexibility index (Phi) is 3.06. The Morgan fingerprint density at radius 1 is 1.40 bits per heavy atom. The van der Waals surface area contributed by atoms with Crippen molar-refractivity contribution in [2.45, 2.75) is 19.9 Å². The molecule has 0 radical (unpaired) electrons. The summed E-state index contributed by atoms with van der Waals surface area (Å²) in [5, 5.41) is 0. The minimum absolute atomic E-state index is 0.417. The molecule has 20 heavy (non-hydrogen) atoms. The SMILES string of the molecule is CCc1cnc(Cn2c(N)nc3c(OC)cccc32)o1. The van der Waals surface area contributed by atoms with E-state index >= 15 is 0 Å². The van der Waals surface area contributed by atoms with Crippen LogP contribution in [0.25, 0.3) is 11.0 Å². The second-order valence-corrected chi connectivity index (χ2v) is 4.46. The maximum atomic E-state index is 5.99. The zero-order valence-corrected chi connectivity index (χ0v) is 11.5. The quantitative estimate of drug-likeness (QED) is 0.787. The summed E-state index contributed by atoms with van der Waals surface area (Å²) in [6, 6.07) is 5.72. The lowest BCUT2D eigenvalue weighted by atomic mass is 10.3. The Labute approximate surface area is 116 Å². The Morgan fingerprint density at radius 2 is 2.25 bits per heavy atom. The first-order valence-corrected chi connectivity index (χ1v) is 6.45. The standard InChI is InChI=1S/C14H16N4O2/c1-3-9-7-16-12(20-9)8-18-10-5-4-6-11(19-2)13(10)17-14(18)15/h4-7H,3,8H2,1-2H3,(H2,15,17). The summed E-state index contributed by atoms with van der Waals surface area (Å²) in [4.78, 5) is 8.60. The van der Waals surface area contributed by atoms with Crippen molar-refractivity contribution in [3.05, 3.63) is 36.0 Å². The van der Waals surface area contributed by atoms with Gasteiger partial charge in [0.15, 0.2) is 0 Å². The number of para-hydroxylation sites is 1. The van der Waals surface area contributed by atoms with Gasteiger partial charge in [-0.15, -0.1) is 0 Å². The minimum atomic E-state index is 0.417. The maximum Gasteiger partial charge on any atom is 0.214 e. The third-order valence-corrected chi connectivity index (χ3v) is 3.23. The number of methoxy groups -OCH3 is 1. The van der Waals surface area contributed by atoms with E-state index in [0.717, 1.165) is 23.2 Å². The number of aryl methyl sites for hydroxylation is 1. The molecule has 3 aromatic rings. The zero-order chi connectivity index (χ0) is 14.1. The van der Waals surface area contributed by atoms with Crippen LogP contribution in [0.1, 0.15) is 18.6 Å². The molecule has 3 rings (SSSR count). The van der Waals surface area contributed by atoms with E-state index in [2.05, 4.69) is 9.97 Å². The van der Waals surface area contributed by atoms with Gasteiger partial charge in [0.2, 0.25) is 11.8 Å². The smallest absolute Gasteiger partial charge is 0.214 e. The van der Waals surface area contributed by atoms with Crippen molar-refractivity contribution in [1.29, 1.82) is 0 Å². The number of fused-ring (bicyclic) bond motifs is 1. The van der Waals surface area contributed by atoms with Gasteiger partial charge in [-0.2, -0.15) is 0 Å². The third-order valence-electron chi connectivity index (χ3n) is 3.23. The van der Waals surface area contributed by atoms with Crippen molar-refractivity contribution in [3.63, 3.8) is 0 Å². The van der Waals surface area contributed by atoms with Crippen LogP contribution >= 0.6 is 0 Å². The molecule has 0 aliphatic heterocycles. The van der Waals surface area contributed by atoms with Crippen LogP contribution in [0.2, 0.25) is 0 Å². The summed E-state index contributed by atoms with van der Waals surface area (Å²) in [6.07, 6.45) is 2.56. The fraction of sp³-hybridized carbons (Fsp3) is 0.286. The average molecular weight is 272 g/mol. The summed E-state index contributed by atoms with van der Waals surface area (Å²) >= 11 is 0. The summed E-state index contributed by atoms with van der Waals surface area (Å²) in [6.45, 7) is 2.48. The molecule has 2 N–H and O–H groups in total. The Morgan fingerprint density at radius 3 is 2.95 bits per heavy atom. The molecule has 0 unspecified atom stereocenters. The summed E-state index contributed by atoms with van der Waals surface area (Å²) in [7, 11) is 1.62.